The van der Waals surface area contributed by atoms with Crippen molar-refractivity contribution in [3.05, 3.63) is 29.6 Å². The SMILES string of the molecule is C[C@H](N)c1ccc(F)cc1OC1CCOCC1. The second-order valence-corrected chi connectivity index (χ2v) is 4.40. The van der Waals surface area contributed by atoms with Crippen molar-refractivity contribution in [2.24, 2.45) is 5.73 Å². The normalized spacial score (nSPS) is 19.0. The third-order valence-corrected chi connectivity index (χ3v) is 2.93. The second-order valence-electron chi connectivity index (χ2n) is 4.40. The lowest BCUT2D eigenvalue weighted by Gasteiger charge is -2.25. The summed E-state index contributed by atoms with van der Waals surface area (Å²) in [5.41, 5.74) is 6.69. The largest absolute Gasteiger partial charge is 0.490 e. The van der Waals surface area contributed by atoms with E-state index in [9.17, 15) is 4.39 Å². The maximum atomic E-state index is 13.2. The quantitative estimate of drug-likeness (QED) is 0.881. The molecule has 0 aromatic heterocycles. The van der Waals surface area contributed by atoms with Crippen LogP contribution in [0, 0.1) is 5.82 Å². The Labute approximate surface area is 101 Å². The van der Waals surface area contributed by atoms with Crippen molar-refractivity contribution in [2.75, 3.05) is 13.2 Å². The highest BCUT2D eigenvalue weighted by Gasteiger charge is 2.18. The minimum Gasteiger partial charge on any atom is -0.490 e. The second kappa shape index (κ2) is 5.47. The Bertz CT molecular complexity index is 376. The molecule has 1 fully saturated rings. The number of ether oxygens (including phenoxy) is 2. The van der Waals surface area contributed by atoms with E-state index < -0.39 is 0 Å². The molecule has 4 heteroatoms. The summed E-state index contributed by atoms with van der Waals surface area (Å²) in [5, 5.41) is 0. The molecule has 94 valence electrons. The molecule has 0 bridgehead atoms. The Morgan fingerprint density at radius 2 is 2.12 bits per heavy atom. The summed E-state index contributed by atoms with van der Waals surface area (Å²) in [7, 11) is 0. The molecule has 1 saturated heterocycles. The van der Waals surface area contributed by atoms with Crippen LogP contribution in [-0.4, -0.2) is 19.3 Å². The van der Waals surface area contributed by atoms with Crippen molar-refractivity contribution in [3.8, 4) is 5.75 Å². The van der Waals surface area contributed by atoms with Crippen LogP contribution in [0.2, 0.25) is 0 Å². The smallest absolute Gasteiger partial charge is 0.127 e. The third-order valence-electron chi connectivity index (χ3n) is 2.93. The fourth-order valence-corrected chi connectivity index (χ4v) is 1.96. The molecule has 1 aliphatic rings. The molecule has 1 aromatic carbocycles. The average Bonchev–Trinajstić information content (AvgIpc) is 2.30. The fourth-order valence-electron chi connectivity index (χ4n) is 1.96. The Hall–Kier alpha value is -1.13. The van der Waals surface area contributed by atoms with Gasteiger partial charge in [0.15, 0.2) is 0 Å². The highest BCUT2D eigenvalue weighted by atomic mass is 19.1. The summed E-state index contributed by atoms with van der Waals surface area (Å²) in [6.45, 7) is 3.27. The van der Waals surface area contributed by atoms with Gasteiger partial charge in [0.2, 0.25) is 0 Å². The monoisotopic (exact) mass is 239 g/mol. The molecular weight excluding hydrogens is 221 g/mol. The maximum Gasteiger partial charge on any atom is 0.127 e. The first-order valence-electron chi connectivity index (χ1n) is 5.96. The first-order valence-corrected chi connectivity index (χ1v) is 5.96. The first kappa shape index (κ1) is 12.3. The van der Waals surface area contributed by atoms with Gasteiger partial charge in [0, 0.05) is 30.5 Å². The van der Waals surface area contributed by atoms with Crippen LogP contribution in [0.5, 0.6) is 5.75 Å². The Balaban J connectivity index is 2.14. The zero-order chi connectivity index (χ0) is 12.3. The molecule has 1 atom stereocenters. The van der Waals surface area contributed by atoms with Crippen molar-refractivity contribution in [2.45, 2.75) is 31.9 Å². The van der Waals surface area contributed by atoms with E-state index in [4.69, 9.17) is 15.2 Å². The van der Waals surface area contributed by atoms with Crippen molar-refractivity contribution in [3.63, 3.8) is 0 Å². The van der Waals surface area contributed by atoms with E-state index in [1.54, 1.807) is 6.07 Å². The maximum absolute atomic E-state index is 13.2. The summed E-state index contributed by atoms with van der Waals surface area (Å²) in [4.78, 5) is 0. The number of benzene rings is 1. The summed E-state index contributed by atoms with van der Waals surface area (Å²) in [6, 6.07) is 4.35. The molecule has 0 amide bonds. The van der Waals surface area contributed by atoms with Gasteiger partial charge in [0.25, 0.3) is 0 Å². The molecule has 0 unspecified atom stereocenters. The zero-order valence-electron chi connectivity index (χ0n) is 9.99. The summed E-state index contributed by atoms with van der Waals surface area (Å²) in [6.07, 6.45) is 1.78. The molecule has 0 aliphatic carbocycles. The topological polar surface area (TPSA) is 44.5 Å². The number of nitrogens with two attached hydrogens (primary N) is 1. The third kappa shape index (κ3) is 3.17. The highest BCUT2D eigenvalue weighted by molar-refractivity contribution is 5.36. The fraction of sp³-hybridized carbons (Fsp3) is 0.538. The Kier molecular flexibility index (Phi) is 3.97. The lowest BCUT2D eigenvalue weighted by Crippen LogP contribution is -2.26. The van der Waals surface area contributed by atoms with Gasteiger partial charge in [-0.2, -0.15) is 0 Å². The molecule has 17 heavy (non-hydrogen) atoms. The van der Waals surface area contributed by atoms with Crippen LogP contribution in [0.15, 0.2) is 18.2 Å². The number of hydrogen-bond acceptors (Lipinski definition) is 3. The van der Waals surface area contributed by atoms with Gasteiger partial charge >= 0.3 is 0 Å². The van der Waals surface area contributed by atoms with E-state index >= 15 is 0 Å². The molecule has 1 heterocycles. The number of halogens is 1. The van der Waals surface area contributed by atoms with Crippen LogP contribution in [0.3, 0.4) is 0 Å². The van der Waals surface area contributed by atoms with Crippen LogP contribution >= 0.6 is 0 Å². The van der Waals surface area contributed by atoms with Crippen molar-refractivity contribution < 1.29 is 13.9 Å². The average molecular weight is 239 g/mol. The van der Waals surface area contributed by atoms with Gasteiger partial charge in [-0.1, -0.05) is 6.07 Å². The summed E-state index contributed by atoms with van der Waals surface area (Å²) >= 11 is 0. The van der Waals surface area contributed by atoms with Gasteiger partial charge in [-0.05, 0) is 13.0 Å². The minimum absolute atomic E-state index is 0.100. The van der Waals surface area contributed by atoms with Crippen LogP contribution in [0.25, 0.3) is 0 Å². The molecule has 2 rings (SSSR count). The predicted octanol–water partition coefficient (Wildman–Crippen LogP) is 2.40. The van der Waals surface area contributed by atoms with E-state index in [0.717, 1.165) is 18.4 Å². The summed E-state index contributed by atoms with van der Waals surface area (Å²) in [5.74, 6) is 0.267. The van der Waals surface area contributed by atoms with Crippen molar-refractivity contribution in [1.82, 2.24) is 0 Å². The Morgan fingerprint density at radius 1 is 1.41 bits per heavy atom. The van der Waals surface area contributed by atoms with Crippen LogP contribution in [0.4, 0.5) is 4.39 Å². The first-order chi connectivity index (χ1) is 8.16. The molecule has 3 nitrogen and oxygen atoms in total. The molecule has 0 spiro atoms. The molecule has 0 saturated carbocycles. The van der Waals surface area contributed by atoms with Gasteiger partial charge in [-0.15, -0.1) is 0 Å². The van der Waals surface area contributed by atoms with E-state index in [2.05, 4.69) is 0 Å². The van der Waals surface area contributed by atoms with Gasteiger partial charge in [-0.3, -0.25) is 0 Å². The minimum atomic E-state index is -0.295. The van der Waals surface area contributed by atoms with Gasteiger partial charge in [0.05, 0.1) is 13.2 Å². The molecular formula is C13H18FNO2. The van der Waals surface area contributed by atoms with E-state index in [0.29, 0.717) is 19.0 Å². The van der Waals surface area contributed by atoms with Gasteiger partial charge in [0.1, 0.15) is 17.7 Å². The van der Waals surface area contributed by atoms with E-state index in [1.807, 2.05) is 6.92 Å². The van der Waals surface area contributed by atoms with E-state index in [-0.39, 0.29) is 18.0 Å². The van der Waals surface area contributed by atoms with Gasteiger partial charge in [-0.25, -0.2) is 4.39 Å². The van der Waals surface area contributed by atoms with Gasteiger partial charge < -0.3 is 15.2 Å². The highest BCUT2D eigenvalue weighted by Crippen LogP contribution is 2.27. The number of rotatable bonds is 3. The standard InChI is InChI=1S/C13H18FNO2/c1-9(15)12-3-2-10(14)8-13(12)17-11-4-6-16-7-5-11/h2-3,8-9,11H,4-7,15H2,1H3/t9-/m0/s1. The lowest BCUT2D eigenvalue weighted by molar-refractivity contribution is 0.0250. The van der Waals surface area contributed by atoms with Crippen LogP contribution in [-0.2, 0) is 4.74 Å². The molecule has 0 radical (unpaired) electrons. The molecule has 1 aliphatic heterocycles. The van der Waals surface area contributed by atoms with Crippen LogP contribution in [0.1, 0.15) is 31.4 Å². The Morgan fingerprint density at radius 3 is 2.76 bits per heavy atom. The van der Waals surface area contributed by atoms with Crippen molar-refractivity contribution in [1.29, 1.82) is 0 Å². The molecule has 2 N–H and O–H groups in total. The summed E-state index contributed by atoms with van der Waals surface area (Å²) < 4.78 is 24.3. The van der Waals surface area contributed by atoms with E-state index in [1.165, 1.54) is 12.1 Å². The predicted molar refractivity (Wildman–Crippen MR) is 63.5 cm³/mol. The number of hydrogen-bond donors (Lipinski definition) is 1. The zero-order valence-corrected chi connectivity index (χ0v) is 9.99. The van der Waals surface area contributed by atoms with Crippen LogP contribution < -0.4 is 10.5 Å². The lowest BCUT2D eigenvalue weighted by atomic mass is 10.1. The molecule has 1 aromatic rings. The van der Waals surface area contributed by atoms with Crippen molar-refractivity contribution >= 4 is 0 Å².